The fourth-order valence-electron chi connectivity index (χ4n) is 1.55. The van der Waals surface area contributed by atoms with Crippen molar-refractivity contribution in [3.05, 3.63) is 0 Å². The normalized spacial score (nSPS) is 29.4. The quantitative estimate of drug-likeness (QED) is 0.486. The van der Waals surface area contributed by atoms with Gasteiger partial charge in [0.2, 0.25) is 0 Å². The van der Waals surface area contributed by atoms with E-state index in [0.717, 1.165) is 0 Å². The molecule has 0 aromatic rings. The zero-order valence-electron chi connectivity index (χ0n) is 5.28. The molecule has 1 aliphatic heterocycles. The highest BCUT2D eigenvalue weighted by Gasteiger charge is 2.50. The predicted octanol–water partition coefficient (Wildman–Crippen LogP) is 1.77. The van der Waals surface area contributed by atoms with Gasteiger partial charge >= 0.3 is 0 Å². The van der Waals surface area contributed by atoms with Crippen molar-refractivity contribution >= 4 is 5.71 Å². The van der Waals surface area contributed by atoms with E-state index in [-0.39, 0.29) is 0 Å². The lowest BCUT2D eigenvalue weighted by atomic mass is 9.80. The fourth-order valence-corrected chi connectivity index (χ4v) is 1.55. The van der Waals surface area contributed by atoms with E-state index in [4.69, 9.17) is 0 Å². The van der Waals surface area contributed by atoms with Crippen LogP contribution in [0.5, 0.6) is 0 Å². The first-order valence-corrected chi connectivity index (χ1v) is 3.46. The third-order valence-corrected chi connectivity index (χ3v) is 2.35. The minimum Gasteiger partial charge on any atom is -0.279 e. The van der Waals surface area contributed by atoms with Gasteiger partial charge in [-0.15, -0.1) is 0 Å². The van der Waals surface area contributed by atoms with Gasteiger partial charge in [0.1, 0.15) is 0 Å². The highest BCUT2D eigenvalue weighted by Crippen LogP contribution is 2.47. The van der Waals surface area contributed by atoms with E-state index in [1.165, 1.54) is 31.4 Å². The first-order chi connectivity index (χ1) is 3.87. The van der Waals surface area contributed by atoms with Crippen molar-refractivity contribution in [2.45, 2.75) is 38.1 Å². The second-order valence-electron chi connectivity index (χ2n) is 2.80. The van der Waals surface area contributed by atoms with Crippen LogP contribution in [0.2, 0.25) is 0 Å². The zero-order chi connectivity index (χ0) is 5.61. The molecule has 8 heavy (non-hydrogen) atoms. The lowest BCUT2D eigenvalue weighted by Crippen LogP contribution is -2.27. The van der Waals surface area contributed by atoms with Gasteiger partial charge in [-0.25, -0.2) is 0 Å². The zero-order valence-corrected chi connectivity index (χ0v) is 5.28. The molecule has 1 heteroatoms. The molecule has 0 aromatic carbocycles. The molecule has 2 rings (SSSR count). The molecule has 0 N–H and O–H groups in total. The lowest BCUT2D eigenvalue weighted by Gasteiger charge is -2.23. The molecule has 0 radical (unpaired) electrons. The van der Waals surface area contributed by atoms with Crippen molar-refractivity contribution in [2.75, 3.05) is 0 Å². The average molecular weight is 109 g/mol. The lowest BCUT2D eigenvalue weighted by molar-refractivity contribution is 0.398. The number of hydrogen-bond acceptors (Lipinski definition) is 1. The van der Waals surface area contributed by atoms with Gasteiger partial charge in [0.25, 0.3) is 0 Å². The molecule has 0 amide bonds. The largest absolute Gasteiger partial charge is 0.279 e. The van der Waals surface area contributed by atoms with Gasteiger partial charge in [-0.1, -0.05) is 6.92 Å². The van der Waals surface area contributed by atoms with E-state index in [0.29, 0.717) is 5.54 Å². The van der Waals surface area contributed by atoms with Gasteiger partial charge < -0.3 is 0 Å². The molecule has 0 saturated heterocycles. The molecule has 0 aromatic heterocycles. The Bertz CT molecular complexity index is 142. The summed E-state index contributed by atoms with van der Waals surface area (Å²) in [7, 11) is 0. The van der Waals surface area contributed by atoms with E-state index < -0.39 is 0 Å². The summed E-state index contributed by atoms with van der Waals surface area (Å²) in [6.07, 6.45) is 5.32. The standard InChI is InChI=1S/C7H11N/c1-2-6-7(8-6)4-3-5-7/h2-5H2,1H3. The van der Waals surface area contributed by atoms with Gasteiger partial charge in [-0.05, 0) is 25.7 Å². The van der Waals surface area contributed by atoms with Crippen molar-refractivity contribution < 1.29 is 0 Å². The highest BCUT2D eigenvalue weighted by molar-refractivity contribution is 6.05. The Hall–Kier alpha value is -0.330. The van der Waals surface area contributed by atoms with Crippen LogP contribution in [0, 0.1) is 0 Å². The monoisotopic (exact) mass is 109 g/mol. The third kappa shape index (κ3) is 0.355. The van der Waals surface area contributed by atoms with Crippen molar-refractivity contribution in [3.8, 4) is 0 Å². The summed E-state index contributed by atoms with van der Waals surface area (Å²) in [6.45, 7) is 2.20. The summed E-state index contributed by atoms with van der Waals surface area (Å²) in [4.78, 5) is 4.43. The van der Waals surface area contributed by atoms with Crippen molar-refractivity contribution in [2.24, 2.45) is 4.99 Å². The molecule has 2 aliphatic rings. The Kier molecular flexibility index (Phi) is 0.651. The third-order valence-electron chi connectivity index (χ3n) is 2.35. The summed E-state index contributed by atoms with van der Waals surface area (Å²) in [6, 6.07) is 0. The molecule has 1 saturated carbocycles. The predicted molar refractivity (Wildman–Crippen MR) is 34.3 cm³/mol. The topological polar surface area (TPSA) is 12.4 Å². The maximum absolute atomic E-state index is 4.43. The summed E-state index contributed by atoms with van der Waals surface area (Å²) in [5, 5.41) is 0. The summed E-state index contributed by atoms with van der Waals surface area (Å²) in [5.41, 5.74) is 1.97. The van der Waals surface area contributed by atoms with Gasteiger partial charge in [0.05, 0.1) is 5.54 Å². The van der Waals surface area contributed by atoms with Crippen LogP contribution in [0.15, 0.2) is 4.99 Å². The minimum atomic E-state index is 0.481. The van der Waals surface area contributed by atoms with Gasteiger partial charge in [-0.2, -0.15) is 0 Å². The molecule has 0 bridgehead atoms. The molecular formula is C7H11N. The summed E-state index contributed by atoms with van der Waals surface area (Å²) >= 11 is 0. The van der Waals surface area contributed by atoms with Crippen LogP contribution in [-0.2, 0) is 0 Å². The maximum Gasteiger partial charge on any atom is 0.0983 e. The molecule has 44 valence electrons. The molecule has 0 unspecified atom stereocenters. The van der Waals surface area contributed by atoms with Crippen molar-refractivity contribution in [1.29, 1.82) is 0 Å². The van der Waals surface area contributed by atoms with Crippen LogP contribution in [0.25, 0.3) is 0 Å². The van der Waals surface area contributed by atoms with Crippen LogP contribution >= 0.6 is 0 Å². The average Bonchev–Trinajstić information content (AvgIpc) is 2.36. The van der Waals surface area contributed by atoms with E-state index in [2.05, 4.69) is 11.9 Å². The summed E-state index contributed by atoms with van der Waals surface area (Å²) < 4.78 is 0. The summed E-state index contributed by atoms with van der Waals surface area (Å²) in [5.74, 6) is 0. The van der Waals surface area contributed by atoms with Crippen molar-refractivity contribution in [1.82, 2.24) is 0 Å². The van der Waals surface area contributed by atoms with E-state index in [1.54, 1.807) is 0 Å². The van der Waals surface area contributed by atoms with Gasteiger partial charge in [0, 0.05) is 5.71 Å². The van der Waals surface area contributed by atoms with Crippen molar-refractivity contribution in [3.63, 3.8) is 0 Å². The number of hydrogen-bond donors (Lipinski definition) is 0. The smallest absolute Gasteiger partial charge is 0.0983 e. The van der Waals surface area contributed by atoms with Crippen LogP contribution in [0.4, 0.5) is 0 Å². The number of nitrogens with zero attached hydrogens (tertiary/aromatic N) is 1. The van der Waals surface area contributed by atoms with Gasteiger partial charge in [-0.3, -0.25) is 4.99 Å². The Balaban J connectivity index is 1.98. The Morgan fingerprint density at radius 2 is 2.38 bits per heavy atom. The molecule has 1 aliphatic carbocycles. The number of rotatable bonds is 1. The van der Waals surface area contributed by atoms with Crippen LogP contribution in [0.3, 0.4) is 0 Å². The van der Waals surface area contributed by atoms with Gasteiger partial charge in [0.15, 0.2) is 0 Å². The van der Waals surface area contributed by atoms with E-state index >= 15 is 0 Å². The first-order valence-electron chi connectivity index (χ1n) is 3.46. The minimum absolute atomic E-state index is 0.481. The van der Waals surface area contributed by atoms with Crippen LogP contribution in [-0.4, -0.2) is 11.3 Å². The molecular weight excluding hydrogens is 98.1 g/mol. The Morgan fingerprint density at radius 1 is 1.62 bits per heavy atom. The Morgan fingerprint density at radius 3 is 2.50 bits per heavy atom. The van der Waals surface area contributed by atoms with Crippen LogP contribution in [0.1, 0.15) is 32.6 Å². The Labute approximate surface area is 49.8 Å². The first kappa shape index (κ1) is 4.54. The highest BCUT2D eigenvalue weighted by atomic mass is 15.1. The molecule has 1 nitrogen and oxygen atoms in total. The molecule has 1 spiro atoms. The van der Waals surface area contributed by atoms with Crippen LogP contribution < -0.4 is 0 Å². The molecule has 1 fully saturated rings. The molecule has 0 atom stereocenters. The second-order valence-corrected chi connectivity index (χ2v) is 2.80. The second kappa shape index (κ2) is 1.15. The fraction of sp³-hybridized carbons (Fsp3) is 0.857. The SMILES string of the molecule is CCC1=NC12CCC2. The maximum atomic E-state index is 4.43. The number of aliphatic imine (C=N–C) groups is 1. The molecule has 1 heterocycles. The van der Waals surface area contributed by atoms with E-state index in [9.17, 15) is 0 Å². The van der Waals surface area contributed by atoms with E-state index in [1.807, 2.05) is 0 Å².